The standard InChI is InChI=1S/C18H36N2O/c1-15(2)11-19-12-18(8-6-10-21-14-18)13-20-9-5-7-17(20)16(3)4/h15-17,19H,5-14H2,1-4H3. The van der Waals surface area contributed by atoms with E-state index in [0.717, 1.165) is 44.2 Å². The number of nitrogens with zero attached hydrogens (tertiary/aromatic N) is 1. The monoisotopic (exact) mass is 296 g/mol. The van der Waals surface area contributed by atoms with Crippen LogP contribution in [0.5, 0.6) is 0 Å². The van der Waals surface area contributed by atoms with E-state index in [9.17, 15) is 0 Å². The topological polar surface area (TPSA) is 24.5 Å². The molecule has 2 saturated heterocycles. The lowest BCUT2D eigenvalue weighted by molar-refractivity contribution is -0.0308. The summed E-state index contributed by atoms with van der Waals surface area (Å²) in [5.74, 6) is 1.50. The molecule has 0 radical (unpaired) electrons. The van der Waals surface area contributed by atoms with Gasteiger partial charge in [-0.25, -0.2) is 0 Å². The van der Waals surface area contributed by atoms with E-state index in [-0.39, 0.29) is 0 Å². The van der Waals surface area contributed by atoms with Crippen LogP contribution in [0, 0.1) is 17.3 Å². The highest BCUT2D eigenvalue weighted by Gasteiger charge is 2.38. The van der Waals surface area contributed by atoms with Crippen molar-refractivity contribution in [1.82, 2.24) is 10.2 Å². The number of hydrogen-bond donors (Lipinski definition) is 1. The predicted molar refractivity (Wildman–Crippen MR) is 89.6 cm³/mol. The first-order valence-electron chi connectivity index (χ1n) is 9.05. The van der Waals surface area contributed by atoms with Crippen molar-refractivity contribution in [3.8, 4) is 0 Å². The van der Waals surface area contributed by atoms with Gasteiger partial charge >= 0.3 is 0 Å². The van der Waals surface area contributed by atoms with E-state index in [1.54, 1.807) is 0 Å². The summed E-state index contributed by atoms with van der Waals surface area (Å²) in [4.78, 5) is 2.76. The third-order valence-electron chi connectivity index (χ3n) is 5.18. The Balaban J connectivity index is 1.95. The fourth-order valence-electron chi connectivity index (χ4n) is 4.09. The quantitative estimate of drug-likeness (QED) is 0.781. The predicted octanol–water partition coefficient (Wildman–Crippen LogP) is 3.15. The second-order valence-electron chi connectivity index (χ2n) is 8.10. The Labute approximate surface area is 131 Å². The highest BCUT2D eigenvalue weighted by atomic mass is 16.5. The molecular weight excluding hydrogens is 260 g/mol. The first-order valence-corrected chi connectivity index (χ1v) is 9.05. The lowest BCUT2D eigenvalue weighted by Crippen LogP contribution is -2.51. The molecule has 0 spiro atoms. The Morgan fingerprint density at radius 2 is 2.05 bits per heavy atom. The van der Waals surface area contributed by atoms with Crippen LogP contribution in [0.4, 0.5) is 0 Å². The molecule has 2 unspecified atom stereocenters. The molecule has 3 heteroatoms. The van der Waals surface area contributed by atoms with Crippen LogP contribution in [-0.2, 0) is 4.74 Å². The van der Waals surface area contributed by atoms with Crippen LogP contribution in [0.25, 0.3) is 0 Å². The Morgan fingerprint density at radius 1 is 1.24 bits per heavy atom. The van der Waals surface area contributed by atoms with Crippen LogP contribution in [-0.4, -0.2) is 50.3 Å². The van der Waals surface area contributed by atoms with Gasteiger partial charge in [0, 0.05) is 31.2 Å². The minimum Gasteiger partial charge on any atom is -0.381 e. The first kappa shape index (κ1) is 17.2. The average Bonchev–Trinajstić information content (AvgIpc) is 2.87. The van der Waals surface area contributed by atoms with Gasteiger partial charge in [-0.05, 0) is 50.6 Å². The SMILES string of the molecule is CC(C)CNCC1(CN2CCCC2C(C)C)CCCOC1. The van der Waals surface area contributed by atoms with Crippen molar-refractivity contribution in [3.05, 3.63) is 0 Å². The third-order valence-corrected chi connectivity index (χ3v) is 5.18. The van der Waals surface area contributed by atoms with Crippen molar-refractivity contribution in [2.45, 2.75) is 59.4 Å². The van der Waals surface area contributed by atoms with Crippen molar-refractivity contribution >= 4 is 0 Å². The number of ether oxygens (including phenoxy) is 1. The van der Waals surface area contributed by atoms with Crippen molar-refractivity contribution in [3.63, 3.8) is 0 Å². The smallest absolute Gasteiger partial charge is 0.0546 e. The van der Waals surface area contributed by atoms with Gasteiger partial charge in [-0.3, -0.25) is 4.90 Å². The molecule has 0 aromatic carbocycles. The summed E-state index contributed by atoms with van der Waals surface area (Å²) in [5.41, 5.74) is 0.338. The molecule has 2 heterocycles. The summed E-state index contributed by atoms with van der Waals surface area (Å²) in [7, 11) is 0. The number of rotatable bonds is 7. The van der Waals surface area contributed by atoms with Crippen LogP contribution in [0.1, 0.15) is 53.4 Å². The Bertz CT molecular complexity index is 298. The molecule has 2 aliphatic rings. The van der Waals surface area contributed by atoms with Crippen molar-refractivity contribution in [2.24, 2.45) is 17.3 Å². The maximum Gasteiger partial charge on any atom is 0.0546 e. The molecule has 0 saturated carbocycles. The van der Waals surface area contributed by atoms with E-state index < -0.39 is 0 Å². The normalized spacial score (nSPS) is 31.4. The fourth-order valence-corrected chi connectivity index (χ4v) is 4.09. The first-order chi connectivity index (χ1) is 10.0. The van der Waals surface area contributed by atoms with Gasteiger partial charge in [0.25, 0.3) is 0 Å². The molecule has 2 fully saturated rings. The zero-order valence-corrected chi connectivity index (χ0v) is 14.7. The lowest BCUT2D eigenvalue weighted by atomic mass is 9.81. The molecule has 2 rings (SSSR count). The summed E-state index contributed by atoms with van der Waals surface area (Å²) in [6.45, 7) is 16.0. The molecule has 21 heavy (non-hydrogen) atoms. The summed E-state index contributed by atoms with van der Waals surface area (Å²) in [6.07, 6.45) is 5.30. The van der Waals surface area contributed by atoms with Gasteiger partial charge in [0.15, 0.2) is 0 Å². The summed E-state index contributed by atoms with van der Waals surface area (Å²) in [5, 5.41) is 3.71. The summed E-state index contributed by atoms with van der Waals surface area (Å²) in [6, 6.07) is 0.786. The summed E-state index contributed by atoms with van der Waals surface area (Å²) >= 11 is 0. The van der Waals surface area contributed by atoms with Gasteiger partial charge in [0.05, 0.1) is 6.61 Å². The molecule has 2 aliphatic heterocycles. The van der Waals surface area contributed by atoms with E-state index in [0.29, 0.717) is 5.41 Å². The maximum absolute atomic E-state index is 5.88. The molecule has 124 valence electrons. The molecular formula is C18H36N2O. The minimum atomic E-state index is 0.338. The van der Waals surface area contributed by atoms with E-state index in [1.165, 1.54) is 38.8 Å². The molecule has 0 aromatic heterocycles. The second-order valence-corrected chi connectivity index (χ2v) is 8.10. The second kappa shape index (κ2) is 7.94. The highest BCUT2D eigenvalue weighted by Crippen LogP contribution is 2.33. The number of nitrogens with one attached hydrogen (secondary N) is 1. The highest BCUT2D eigenvalue weighted by molar-refractivity contribution is 4.92. The van der Waals surface area contributed by atoms with Crippen molar-refractivity contribution in [1.29, 1.82) is 0 Å². The number of likely N-dealkylation sites (tertiary alicyclic amines) is 1. The van der Waals surface area contributed by atoms with Crippen LogP contribution < -0.4 is 5.32 Å². The zero-order chi connectivity index (χ0) is 15.3. The minimum absolute atomic E-state index is 0.338. The van der Waals surface area contributed by atoms with Gasteiger partial charge < -0.3 is 10.1 Å². The molecule has 0 aromatic rings. The largest absolute Gasteiger partial charge is 0.381 e. The van der Waals surface area contributed by atoms with Gasteiger partial charge in [-0.2, -0.15) is 0 Å². The van der Waals surface area contributed by atoms with Crippen LogP contribution in [0.15, 0.2) is 0 Å². The molecule has 1 N–H and O–H groups in total. The van der Waals surface area contributed by atoms with E-state index in [1.807, 2.05) is 0 Å². The molecule has 0 bridgehead atoms. The molecule has 0 amide bonds. The Morgan fingerprint density at radius 3 is 2.67 bits per heavy atom. The van der Waals surface area contributed by atoms with Gasteiger partial charge in [-0.15, -0.1) is 0 Å². The fraction of sp³-hybridized carbons (Fsp3) is 1.00. The Kier molecular flexibility index (Phi) is 6.51. The van der Waals surface area contributed by atoms with Crippen molar-refractivity contribution < 1.29 is 4.74 Å². The van der Waals surface area contributed by atoms with Crippen LogP contribution in [0.3, 0.4) is 0 Å². The molecule has 0 aliphatic carbocycles. The zero-order valence-electron chi connectivity index (χ0n) is 14.7. The lowest BCUT2D eigenvalue weighted by Gasteiger charge is -2.42. The van der Waals surface area contributed by atoms with Gasteiger partial charge in [0.1, 0.15) is 0 Å². The molecule has 2 atom stereocenters. The maximum atomic E-state index is 5.88. The van der Waals surface area contributed by atoms with Gasteiger partial charge in [0.2, 0.25) is 0 Å². The average molecular weight is 296 g/mol. The van der Waals surface area contributed by atoms with E-state index >= 15 is 0 Å². The molecule has 3 nitrogen and oxygen atoms in total. The van der Waals surface area contributed by atoms with E-state index in [4.69, 9.17) is 4.74 Å². The van der Waals surface area contributed by atoms with Crippen LogP contribution in [0.2, 0.25) is 0 Å². The number of hydrogen-bond acceptors (Lipinski definition) is 3. The Hall–Kier alpha value is -0.120. The van der Waals surface area contributed by atoms with Gasteiger partial charge in [-0.1, -0.05) is 27.7 Å². The summed E-state index contributed by atoms with van der Waals surface area (Å²) < 4.78 is 5.88. The van der Waals surface area contributed by atoms with Crippen LogP contribution >= 0.6 is 0 Å². The van der Waals surface area contributed by atoms with Crippen molar-refractivity contribution in [2.75, 3.05) is 39.4 Å². The third kappa shape index (κ3) is 4.94. The van der Waals surface area contributed by atoms with E-state index in [2.05, 4.69) is 37.9 Å².